The number of amides is 2. The zero-order valence-electron chi connectivity index (χ0n) is 21.7. The molecule has 0 aliphatic heterocycles. The highest BCUT2D eigenvalue weighted by Gasteiger charge is 2.22. The van der Waals surface area contributed by atoms with E-state index >= 15 is 0 Å². The lowest BCUT2D eigenvalue weighted by atomic mass is 10.1. The second kappa shape index (κ2) is 13.1. The van der Waals surface area contributed by atoms with Crippen molar-refractivity contribution in [1.82, 2.24) is 4.90 Å². The summed E-state index contributed by atoms with van der Waals surface area (Å²) in [6.45, 7) is 4.98. The molecule has 0 heterocycles. The summed E-state index contributed by atoms with van der Waals surface area (Å²) in [4.78, 5) is 27.2. The second-order valence-electron chi connectivity index (χ2n) is 8.86. The smallest absolute Gasteiger partial charge is 0.338 e. The van der Waals surface area contributed by atoms with E-state index in [1.165, 1.54) is 0 Å². The number of benzene rings is 4. The molecule has 0 fully saturated rings. The first kappa shape index (κ1) is 26.5. The molecular formula is C32H32N2O4. The van der Waals surface area contributed by atoms with Crippen LogP contribution in [0.5, 0.6) is 5.75 Å². The number of rotatable bonds is 10. The highest BCUT2D eigenvalue weighted by molar-refractivity contribution is 5.92. The maximum Gasteiger partial charge on any atom is 0.338 e. The Balaban J connectivity index is 1.47. The molecule has 0 bridgehead atoms. The lowest BCUT2D eigenvalue weighted by Gasteiger charge is -2.30. The summed E-state index contributed by atoms with van der Waals surface area (Å²) in [5, 5.41) is 2.97. The Morgan fingerprint density at radius 2 is 1.42 bits per heavy atom. The van der Waals surface area contributed by atoms with Gasteiger partial charge in [-0.15, -0.1) is 0 Å². The van der Waals surface area contributed by atoms with Crippen LogP contribution in [-0.4, -0.2) is 23.5 Å². The van der Waals surface area contributed by atoms with Crippen LogP contribution < -0.4 is 10.1 Å². The predicted molar refractivity (Wildman–Crippen MR) is 149 cm³/mol. The van der Waals surface area contributed by atoms with E-state index in [0.29, 0.717) is 31.0 Å². The SMILES string of the molecule is CCOC(=O)c1ccc(NC(=O)N(Cc2ccc(OCc3ccccc3)cc2)C(C)c2ccccc2)cc1. The highest BCUT2D eigenvalue weighted by Crippen LogP contribution is 2.25. The summed E-state index contributed by atoms with van der Waals surface area (Å²) in [6.07, 6.45) is 0. The van der Waals surface area contributed by atoms with Crippen LogP contribution in [0.1, 0.15) is 46.9 Å². The lowest BCUT2D eigenvalue weighted by molar-refractivity contribution is 0.0526. The molecule has 1 N–H and O–H groups in total. The molecular weight excluding hydrogens is 476 g/mol. The Morgan fingerprint density at radius 1 is 0.789 bits per heavy atom. The zero-order valence-corrected chi connectivity index (χ0v) is 21.7. The topological polar surface area (TPSA) is 67.9 Å². The number of anilines is 1. The molecule has 38 heavy (non-hydrogen) atoms. The average Bonchev–Trinajstić information content (AvgIpc) is 2.96. The quantitative estimate of drug-likeness (QED) is 0.229. The summed E-state index contributed by atoms with van der Waals surface area (Å²) >= 11 is 0. The number of ether oxygens (including phenoxy) is 2. The average molecular weight is 509 g/mol. The monoisotopic (exact) mass is 508 g/mol. The van der Waals surface area contributed by atoms with E-state index in [4.69, 9.17) is 9.47 Å². The van der Waals surface area contributed by atoms with Crippen LogP contribution in [0.3, 0.4) is 0 Å². The third kappa shape index (κ3) is 7.23. The van der Waals surface area contributed by atoms with Gasteiger partial charge in [-0.2, -0.15) is 0 Å². The maximum atomic E-state index is 13.5. The number of carbonyl (C=O) groups excluding carboxylic acids is 2. The fraction of sp³-hybridized carbons (Fsp3) is 0.188. The van der Waals surface area contributed by atoms with Crippen molar-refractivity contribution >= 4 is 17.7 Å². The van der Waals surface area contributed by atoms with E-state index < -0.39 is 0 Å². The molecule has 0 aliphatic carbocycles. The number of nitrogens with one attached hydrogen (secondary N) is 1. The van der Waals surface area contributed by atoms with Gasteiger partial charge in [0.25, 0.3) is 0 Å². The number of nitrogens with zero attached hydrogens (tertiary/aromatic N) is 1. The van der Waals surface area contributed by atoms with Crippen molar-refractivity contribution in [2.75, 3.05) is 11.9 Å². The van der Waals surface area contributed by atoms with Crippen LogP contribution in [0.4, 0.5) is 10.5 Å². The van der Waals surface area contributed by atoms with Gasteiger partial charge in [0.05, 0.1) is 18.2 Å². The standard InChI is InChI=1S/C32H32N2O4/c1-3-37-31(35)28-16-18-29(19-17-28)33-32(36)34(24(2)27-12-8-5-9-13-27)22-25-14-20-30(21-15-25)38-23-26-10-6-4-7-11-26/h4-21,24H,3,22-23H2,1-2H3,(H,33,36). The van der Waals surface area contributed by atoms with Crippen LogP contribution in [0.15, 0.2) is 109 Å². The van der Waals surface area contributed by atoms with E-state index in [1.54, 1.807) is 36.1 Å². The molecule has 0 radical (unpaired) electrons. The Hall–Kier alpha value is -4.58. The predicted octanol–water partition coefficient (Wildman–Crippen LogP) is 7.24. The van der Waals surface area contributed by atoms with Gasteiger partial charge in [-0.25, -0.2) is 9.59 Å². The normalized spacial score (nSPS) is 11.3. The Bertz CT molecular complexity index is 1310. The molecule has 0 aromatic heterocycles. The van der Waals surface area contributed by atoms with Gasteiger partial charge in [-0.1, -0.05) is 72.8 Å². The first-order chi connectivity index (χ1) is 18.5. The van der Waals surface area contributed by atoms with Gasteiger partial charge in [0.1, 0.15) is 12.4 Å². The van der Waals surface area contributed by atoms with Crippen molar-refractivity contribution < 1.29 is 19.1 Å². The van der Waals surface area contributed by atoms with Gasteiger partial charge in [0, 0.05) is 12.2 Å². The molecule has 6 nitrogen and oxygen atoms in total. The maximum absolute atomic E-state index is 13.5. The van der Waals surface area contributed by atoms with Crippen molar-refractivity contribution in [2.45, 2.75) is 33.0 Å². The van der Waals surface area contributed by atoms with Crippen LogP contribution >= 0.6 is 0 Å². The van der Waals surface area contributed by atoms with Crippen molar-refractivity contribution in [3.63, 3.8) is 0 Å². The van der Waals surface area contributed by atoms with Crippen molar-refractivity contribution in [3.8, 4) is 5.75 Å². The summed E-state index contributed by atoms with van der Waals surface area (Å²) in [7, 11) is 0. The molecule has 0 saturated heterocycles. The molecule has 4 aromatic rings. The largest absolute Gasteiger partial charge is 0.489 e. The minimum atomic E-state index is -0.388. The molecule has 194 valence electrons. The van der Waals surface area contributed by atoms with Gasteiger partial charge in [0.2, 0.25) is 0 Å². The first-order valence-corrected chi connectivity index (χ1v) is 12.7. The van der Waals surface area contributed by atoms with Crippen LogP contribution in [0.25, 0.3) is 0 Å². The highest BCUT2D eigenvalue weighted by atomic mass is 16.5. The fourth-order valence-electron chi connectivity index (χ4n) is 4.02. The fourth-order valence-corrected chi connectivity index (χ4v) is 4.02. The molecule has 4 aromatic carbocycles. The number of esters is 1. The molecule has 2 amide bonds. The summed E-state index contributed by atoms with van der Waals surface area (Å²) in [5.74, 6) is 0.382. The molecule has 0 spiro atoms. The van der Waals surface area contributed by atoms with Gasteiger partial charge >= 0.3 is 12.0 Å². The zero-order chi connectivity index (χ0) is 26.7. The number of urea groups is 1. The molecule has 1 atom stereocenters. The third-order valence-electron chi connectivity index (χ3n) is 6.18. The van der Waals surface area contributed by atoms with Crippen molar-refractivity contribution in [3.05, 3.63) is 131 Å². The van der Waals surface area contributed by atoms with E-state index in [0.717, 1.165) is 22.4 Å². The van der Waals surface area contributed by atoms with Crippen LogP contribution in [0, 0.1) is 0 Å². The number of hydrogen-bond donors (Lipinski definition) is 1. The first-order valence-electron chi connectivity index (χ1n) is 12.7. The third-order valence-corrected chi connectivity index (χ3v) is 6.18. The molecule has 6 heteroatoms. The molecule has 4 rings (SSSR count). The van der Waals surface area contributed by atoms with E-state index in [9.17, 15) is 9.59 Å². The van der Waals surface area contributed by atoms with Gasteiger partial charge in [-0.3, -0.25) is 0 Å². The van der Waals surface area contributed by atoms with Gasteiger partial charge in [0.15, 0.2) is 0 Å². The van der Waals surface area contributed by atoms with Crippen molar-refractivity contribution in [2.24, 2.45) is 0 Å². The summed E-state index contributed by atoms with van der Waals surface area (Å²) < 4.78 is 10.9. The minimum absolute atomic E-state index is 0.177. The molecule has 0 aliphatic rings. The number of hydrogen-bond acceptors (Lipinski definition) is 4. The number of carbonyl (C=O) groups is 2. The summed E-state index contributed by atoms with van der Waals surface area (Å²) in [5.41, 5.74) is 4.15. The Labute approximate surface area is 223 Å². The van der Waals surface area contributed by atoms with Gasteiger partial charge < -0.3 is 19.7 Å². The molecule has 0 saturated carbocycles. The molecule has 1 unspecified atom stereocenters. The minimum Gasteiger partial charge on any atom is -0.489 e. The van der Waals surface area contributed by atoms with Crippen LogP contribution in [0.2, 0.25) is 0 Å². The van der Waals surface area contributed by atoms with E-state index in [-0.39, 0.29) is 18.0 Å². The summed E-state index contributed by atoms with van der Waals surface area (Å²) in [6, 6.07) is 34.0. The Morgan fingerprint density at radius 3 is 2.05 bits per heavy atom. The Kier molecular flexibility index (Phi) is 9.13. The van der Waals surface area contributed by atoms with E-state index in [1.807, 2.05) is 91.9 Å². The van der Waals surface area contributed by atoms with E-state index in [2.05, 4.69) is 5.32 Å². The van der Waals surface area contributed by atoms with Crippen LogP contribution in [-0.2, 0) is 17.9 Å². The van der Waals surface area contributed by atoms with Crippen molar-refractivity contribution in [1.29, 1.82) is 0 Å². The lowest BCUT2D eigenvalue weighted by Crippen LogP contribution is -2.36. The second-order valence-corrected chi connectivity index (χ2v) is 8.86. The van der Waals surface area contributed by atoms with Gasteiger partial charge in [-0.05, 0) is 66.9 Å².